The molecule has 0 radical (unpaired) electrons. The Labute approximate surface area is 186 Å². The molecule has 0 spiro atoms. The van der Waals surface area contributed by atoms with Gasteiger partial charge in [0.2, 0.25) is 0 Å². The molecule has 31 heavy (non-hydrogen) atoms. The number of halogens is 1. The number of nitrogens with zero attached hydrogens (tertiary/aromatic N) is 3. The molecule has 7 heteroatoms. The molecule has 2 N–H and O–H groups in total. The van der Waals surface area contributed by atoms with E-state index < -0.39 is 0 Å². The number of benzene rings is 2. The van der Waals surface area contributed by atoms with Crippen molar-refractivity contribution in [3.63, 3.8) is 0 Å². The van der Waals surface area contributed by atoms with Gasteiger partial charge in [-0.15, -0.1) is 0 Å². The topological polar surface area (TPSA) is 74.3 Å². The van der Waals surface area contributed by atoms with Crippen LogP contribution in [0.1, 0.15) is 19.4 Å². The number of aromatic amines is 1. The lowest BCUT2D eigenvalue weighted by Crippen LogP contribution is -2.39. The van der Waals surface area contributed by atoms with Crippen LogP contribution in [-0.2, 0) is 6.61 Å². The van der Waals surface area contributed by atoms with E-state index in [0.29, 0.717) is 11.6 Å². The molecule has 1 atom stereocenters. The zero-order valence-electron chi connectivity index (χ0n) is 17.5. The minimum atomic E-state index is -0.155. The smallest absolute Gasteiger partial charge is 0.146 e. The molecule has 0 saturated carbocycles. The Kier molecular flexibility index (Phi) is 6.39. The minimum Gasteiger partial charge on any atom is -0.489 e. The fraction of sp³-hybridized carbons (Fsp3) is 0.250. The number of nitrogens with one attached hydrogen (secondary N) is 1. The van der Waals surface area contributed by atoms with Gasteiger partial charge >= 0.3 is 0 Å². The summed E-state index contributed by atoms with van der Waals surface area (Å²) < 4.78 is 5.92. The van der Waals surface area contributed by atoms with Gasteiger partial charge in [0.05, 0.1) is 18.0 Å². The summed E-state index contributed by atoms with van der Waals surface area (Å²) >= 11 is 6.06. The summed E-state index contributed by atoms with van der Waals surface area (Å²) in [6.45, 7) is 4.58. The van der Waals surface area contributed by atoms with E-state index in [0.717, 1.165) is 33.9 Å². The second kappa shape index (κ2) is 9.37. The summed E-state index contributed by atoms with van der Waals surface area (Å²) in [4.78, 5) is 14.1. The maximum atomic E-state index is 10.2. The fourth-order valence-electron chi connectivity index (χ4n) is 3.63. The number of aliphatic hydroxyl groups is 1. The van der Waals surface area contributed by atoms with Crippen LogP contribution >= 0.6 is 11.6 Å². The molecule has 6 nitrogen and oxygen atoms in total. The van der Waals surface area contributed by atoms with Gasteiger partial charge in [0.1, 0.15) is 30.1 Å². The minimum absolute atomic E-state index is 0.00315. The summed E-state index contributed by atoms with van der Waals surface area (Å²) in [7, 11) is 0. The number of hydrogen-bond donors (Lipinski definition) is 2. The van der Waals surface area contributed by atoms with E-state index in [9.17, 15) is 5.11 Å². The molecular formula is C24H25ClN4O2. The quantitative estimate of drug-likeness (QED) is 0.389. The van der Waals surface area contributed by atoms with Gasteiger partial charge in [0.15, 0.2) is 0 Å². The number of aliphatic hydroxyl groups excluding tert-OH is 1. The van der Waals surface area contributed by atoms with Gasteiger partial charge in [0, 0.05) is 16.9 Å². The Morgan fingerprint density at radius 2 is 1.94 bits per heavy atom. The van der Waals surface area contributed by atoms with E-state index in [2.05, 4.69) is 39.8 Å². The van der Waals surface area contributed by atoms with E-state index in [4.69, 9.17) is 16.3 Å². The molecule has 1 unspecified atom stereocenters. The number of H-pyrrole nitrogens is 1. The second-order valence-electron chi connectivity index (χ2n) is 7.72. The Morgan fingerprint density at radius 3 is 2.71 bits per heavy atom. The van der Waals surface area contributed by atoms with E-state index in [1.807, 2.05) is 48.7 Å². The van der Waals surface area contributed by atoms with Gasteiger partial charge < -0.3 is 19.7 Å². The van der Waals surface area contributed by atoms with Crippen molar-refractivity contribution in [1.82, 2.24) is 15.0 Å². The van der Waals surface area contributed by atoms with Gasteiger partial charge in [-0.1, -0.05) is 43.6 Å². The van der Waals surface area contributed by atoms with Crippen molar-refractivity contribution in [2.75, 3.05) is 11.5 Å². The lowest BCUT2D eigenvalue weighted by Gasteiger charge is -2.34. The largest absolute Gasteiger partial charge is 0.489 e. The highest BCUT2D eigenvalue weighted by atomic mass is 35.5. The third kappa shape index (κ3) is 4.65. The van der Waals surface area contributed by atoms with Gasteiger partial charge in [-0.2, -0.15) is 0 Å². The van der Waals surface area contributed by atoms with E-state index in [1.165, 1.54) is 0 Å². The second-order valence-corrected chi connectivity index (χ2v) is 8.15. The molecule has 0 aliphatic carbocycles. The normalized spacial score (nSPS) is 12.3. The fourth-order valence-corrected chi connectivity index (χ4v) is 3.81. The third-order valence-electron chi connectivity index (χ3n) is 5.24. The molecule has 0 aliphatic heterocycles. The van der Waals surface area contributed by atoms with Gasteiger partial charge in [-0.05, 0) is 47.9 Å². The Bertz CT molecular complexity index is 1160. The highest BCUT2D eigenvalue weighted by Gasteiger charge is 2.26. The number of fused-ring (bicyclic) bond motifs is 1. The highest BCUT2D eigenvalue weighted by molar-refractivity contribution is 6.30. The number of ether oxygens (including phenoxy) is 1. The number of hydrogen-bond acceptors (Lipinski definition) is 5. The molecule has 0 aliphatic rings. The summed E-state index contributed by atoms with van der Waals surface area (Å²) in [5.41, 5.74) is 2.69. The molecular weight excluding hydrogens is 412 g/mol. The summed E-state index contributed by atoms with van der Waals surface area (Å²) in [5, 5.41) is 11.8. The van der Waals surface area contributed by atoms with Crippen LogP contribution in [0.3, 0.4) is 0 Å². The zero-order valence-corrected chi connectivity index (χ0v) is 18.3. The first-order valence-electron chi connectivity index (χ1n) is 10.2. The van der Waals surface area contributed by atoms with Gasteiger partial charge in [-0.3, -0.25) is 0 Å². The average Bonchev–Trinajstić information content (AvgIpc) is 3.25. The Morgan fingerprint density at radius 1 is 1.10 bits per heavy atom. The first kappa shape index (κ1) is 21.2. The van der Waals surface area contributed by atoms with E-state index >= 15 is 0 Å². The van der Waals surface area contributed by atoms with Crippen LogP contribution in [0, 0.1) is 5.92 Å². The lowest BCUT2D eigenvalue weighted by molar-refractivity contribution is 0.237. The summed E-state index contributed by atoms with van der Waals surface area (Å²) in [6.07, 6.45) is 3.39. The highest BCUT2D eigenvalue weighted by Crippen LogP contribution is 2.34. The molecule has 4 aromatic rings. The van der Waals surface area contributed by atoms with Crippen LogP contribution in [0.25, 0.3) is 11.0 Å². The van der Waals surface area contributed by atoms with Crippen LogP contribution in [0.2, 0.25) is 5.02 Å². The van der Waals surface area contributed by atoms with Crippen LogP contribution in [-0.4, -0.2) is 32.7 Å². The van der Waals surface area contributed by atoms with Crippen molar-refractivity contribution in [3.8, 4) is 5.75 Å². The van der Waals surface area contributed by atoms with Crippen molar-refractivity contribution >= 4 is 34.1 Å². The lowest BCUT2D eigenvalue weighted by atomic mass is 10.0. The zero-order chi connectivity index (χ0) is 21.8. The number of rotatable bonds is 8. The number of anilines is 2. The number of aromatic nitrogens is 3. The molecule has 0 fully saturated rings. The van der Waals surface area contributed by atoms with Crippen LogP contribution in [0.4, 0.5) is 11.5 Å². The maximum absolute atomic E-state index is 10.2. The first-order valence-corrected chi connectivity index (χ1v) is 10.6. The van der Waals surface area contributed by atoms with Crippen molar-refractivity contribution in [3.05, 3.63) is 77.7 Å². The molecule has 2 heterocycles. The Balaban J connectivity index is 1.70. The monoisotopic (exact) mass is 436 g/mol. The molecule has 4 rings (SSSR count). The summed E-state index contributed by atoms with van der Waals surface area (Å²) in [5.74, 6) is 1.67. The Hall–Kier alpha value is -3.09. The summed E-state index contributed by atoms with van der Waals surface area (Å²) in [6, 6.07) is 17.2. The molecule has 0 saturated heterocycles. The van der Waals surface area contributed by atoms with Crippen LogP contribution in [0.15, 0.2) is 67.1 Å². The van der Waals surface area contributed by atoms with Gasteiger partial charge in [-0.25, -0.2) is 9.97 Å². The predicted molar refractivity (Wildman–Crippen MR) is 124 cm³/mol. The van der Waals surface area contributed by atoms with Crippen LogP contribution < -0.4 is 9.64 Å². The van der Waals surface area contributed by atoms with E-state index in [-0.39, 0.29) is 18.6 Å². The molecule has 160 valence electrons. The van der Waals surface area contributed by atoms with E-state index in [1.54, 1.807) is 12.4 Å². The molecule has 2 aromatic carbocycles. The molecule has 2 aromatic heterocycles. The van der Waals surface area contributed by atoms with Crippen LogP contribution in [0.5, 0.6) is 5.75 Å². The first-order chi connectivity index (χ1) is 15.1. The standard InChI is InChI=1S/C24H25ClN4O2/c1-16(2)22(13-30)29(24-21-9-10-26-23(21)27-15-28-24)19-7-3-5-17(11-19)14-31-20-8-4-6-18(25)12-20/h3-12,15-16,22,30H,13-14H2,1-2H3,(H,26,27,28). The maximum Gasteiger partial charge on any atom is 0.146 e. The van der Waals surface area contributed by atoms with Crippen molar-refractivity contribution in [2.45, 2.75) is 26.5 Å². The van der Waals surface area contributed by atoms with Crippen molar-refractivity contribution < 1.29 is 9.84 Å². The molecule has 0 amide bonds. The third-order valence-corrected chi connectivity index (χ3v) is 5.47. The molecule has 0 bridgehead atoms. The van der Waals surface area contributed by atoms with Crippen molar-refractivity contribution in [1.29, 1.82) is 0 Å². The van der Waals surface area contributed by atoms with Gasteiger partial charge in [0.25, 0.3) is 0 Å². The average molecular weight is 437 g/mol. The predicted octanol–water partition coefficient (Wildman–Crippen LogP) is 5.35. The SMILES string of the molecule is CC(C)C(CO)N(c1cccc(COc2cccc(Cl)c2)c1)c1ncnc2[nH]ccc12. The van der Waals surface area contributed by atoms with Crippen molar-refractivity contribution in [2.24, 2.45) is 5.92 Å².